The van der Waals surface area contributed by atoms with Crippen LogP contribution in [-0.4, -0.2) is 26.6 Å². The van der Waals surface area contributed by atoms with Crippen LogP contribution in [0.25, 0.3) is 84.4 Å². The van der Waals surface area contributed by atoms with Crippen LogP contribution >= 0.6 is 45.3 Å². The van der Waals surface area contributed by atoms with E-state index in [1.165, 1.54) is 57.5 Å². The van der Waals surface area contributed by atoms with Gasteiger partial charge in [-0.05, 0) is 106 Å². The predicted molar refractivity (Wildman–Crippen MR) is 291 cm³/mol. The molecule has 2 aliphatic carbocycles. The Balaban J connectivity index is 0.920. The van der Waals surface area contributed by atoms with Crippen molar-refractivity contribution in [3.8, 4) is 64.0 Å². The van der Waals surface area contributed by atoms with Crippen LogP contribution in [0.5, 0.6) is 11.5 Å². The first-order valence-corrected chi connectivity index (χ1v) is 27.4. The number of carbonyl (C=O) groups excluding carboxylic acids is 2. The Morgan fingerprint density at radius 1 is 0.641 bits per heavy atom. The number of hydrogen-bond donors (Lipinski definition) is 0. The highest BCUT2D eigenvalue weighted by molar-refractivity contribution is 7.58. The molecule has 3 aromatic carbocycles. The molecule has 13 rings (SSSR count). The van der Waals surface area contributed by atoms with Crippen molar-refractivity contribution in [3.63, 3.8) is 0 Å². The number of aryl methyl sites for hydroxylation is 1. The molecule has 78 heavy (non-hydrogen) atoms. The summed E-state index contributed by atoms with van der Waals surface area (Å²) in [6.45, 7) is 25.5. The van der Waals surface area contributed by atoms with Crippen LogP contribution in [0.3, 0.4) is 0 Å². The topological polar surface area (TPSA) is 164 Å². The van der Waals surface area contributed by atoms with E-state index in [0.29, 0.717) is 61.3 Å². The molecule has 0 saturated carbocycles. The minimum atomic E-state index is -1.23. The summed E-state index contributed by atoms with van der Waals surface area (Å²) in [6, 6.07) is 14.5. The second-order valence-corrected chi connectivity index (χ2v) is 24.0. The monoisotopic (exact) mass is 1130 g/mol. The molecule has 0 spiro atoms. The summed E-state index contributed by atoms with van der Waals surface area (Å²) in [5.41, 5.74) is 2.75. The van der Waals surface area contributed by atoms with Gasteiger partial charge in [0.15, 0.2) is 34.8 Å². The number of aromatic nitrogens is 3. The molecule has 0 N–H and O–H groups in total. The minimum absolute atomic E-state index is 0.0251. The molecule has 0 bridgehead atoms. The van der Waals surface area contributed by atoms with Gasteiger partial charge in [-0.25, -0.2) is 17.6 Å². The predicted octanol–water partition coefficient (Wildman–Crippen LogP) is 15.8. The van der Waals surface area contributed by atoms with Gasteiger partial charge in [-0.2, -0.15) is 43.9 Å². The Morgan fingerprint density at radius 3 is 1.49 bits per heavy atom. The van der Waals surface area contributed by atoms with E-state index in [0.717, 1.165) is 76.0 Å². The summed E-state index contributed by atoms with van der Waals surface area (Å²) in [5, 5.41) is 29.9. The van der Waals surface area contributed by atoms with Gasteiger partial charge in [0.2, 0.25) is 0 Å². The Bertz CT molecular complexity index is 4320. The number of nitriles is 2. The summed E-state index contributed by atoms with van der Waals surface area (Å²) in [7, 11) is 0. The highest BCUT2D eigenvalue weighted by atomic mass is 32.1. The largest absolute Gasteiger partial charge is 0.528 e. The van der Waals surface area contributed by atoms with E-state index >= 15 is 0 Å². The maximum Gasteiger partial charge on any atom is 0.528 e. The summed E-state index contributed by atoms with van der Waals surface area (Å²) in [5.74, 6) is -5.58. The number of ether oxygens (including phenoxy) is 2. The summed E-state index contributed by atoms with van der Waals surface area (Å²) < 4.78 is 81.2. The van der Waals surface area contributed by atoms with Crippen LogP contribution in [0.1, 0.15) is 87.3 Å². The Morgan fingerprint density at radius 2 is 1.06 bits per heavy atom. The third-order valence-electron chi connectivity index (χ3n) is 13.9. The highest BCUT2D eigenvalue weighted by Gasteiger charge is 2.43. The van der Waals surface area contributed by atoms with Crippen molar-refractivity contribution in [2.45, 2.75) is 52.4 Å². The lowest BCUT2D eigenvalue weighted by Crippen LogP contribution is -2.27. The number of allylic oxidation sites excluding steroid dienone is 5. The zero-order valence-corrected chi connectivity index (χ0v) is 44.8. The molecule has 13 nitrogen and oxygen atoms in total. The molecule has 0 atom stereocenters. The first-order chi connectivity index (χ1) is 37.4. The average molecular weight is 1130 g/mol. The van der Waals surface area contributed by atoms with Crippen molar-refractivity contribution >= 4 is 114 Å². The standard InChI is InChI=1S/C56H27F4N9O4S5/c1-8-69-65-44-42(38-17-30-50(76-38)52-36(72-55(30,2)3)11-22(74-52)9-28-40(21(19-61)20-62)24-13-32(57)34(59)15-26(24)48(28)70)46-47(68-78-67-46)43(45(44)66-69)39-18-31-51(77-39)53-37(73-56(31,4)5)12-23(75-53)10-29-41(54(63-6)64-7)25-14-33(58)35(60)16-27(25)49(29)71/h9-18H,8H2,1-5H3/b28-9-,29-10-. The minimum Gasteiger partial charge on any atom is -0.482 e. The van der Waals surface area contributed by atoms with Gasteiger partial charge in [0.05, 0.1) is 54.1 Å². The van der Waals surface area contributed by atoms with E-state index in [9.17, 15) is 37.7 Å². The lowest BCUT2D eigenvalue weighted by molar-refractivity contribution is 0.103. The molecule has 0 amide bonds. The second-order valence-electron chi connectivity index (χ2n) is 19.2. The number of benzene rings is 3. The van der Waals surface area contributed by atoms with E-state index in [2.05, 4.69) is 21.8 Å². The van der Waals surface area contributed by atoms with Crippen LogP contribution in [0, 0.1) is 59.1 Å². The molecule has 5 aromatic heterocycles. The number of Topliss-reactive ketones (excluding diaryl/α,β-unsaturated/α-hetero) is 2. The van der Waals surface area contributed by atoms with E-state index in [1.807, 2.05) is 34.6 Å². The SMILES string of the molecule is [C-]#[N+]C([N+]#[C-])=C1/C(=C/c2cc3c(s2)-c2sc(-c4c5c(c(-c6cc7c(s6)-c6sc(/C=C8\C(=O)c9cc(F)c(F)cc9C8=C(C#N)C#N)cc6OC7(C)C)c6nn(CC)nc46)N=S=N5)cc2C(C)(C)O3)C(=O)c2cc(F)c(F)cc21. The zero-order chi connectivity index (χ0) is 54.6. The maximum atomic E-state index is 14.6. The maximum absolute atomic E-state index is 14.6. The molecule has 0 saturated heterocycles. The molecule has 22 heteroatoms. The van der Waals surface area contributed by atoms with Crippen molar-refractivity contribution in [2.75, 3.05) is 0 Å². The fourth-order valence-corrected chi connectivity index (χ4v) is 16.0. The van der Waals surface area contributed by atoms with Crippen LogP contribution in [0.2, 0.25) is 0 Å². The Labute approximate surface area is 458 Å². The fraction of sp³-hybridized carbons (Fsp3) is 0.143. The molecular formula is C56H27F4N9O4S5. The first kappa shape index (κ1) is 48.9. The van der Waals surface area contributed by atoms with E-state index in [-0.39, 0.29) is 44.5 Å². The number of rotatable bonds is 5. The average Bonchev–Trinajstić information content (AvgIpc) is 4.40. The van der Waals surface area contributed by atoms with Crippen LogP contribution < -0.4 is 9.47 Å². The lowest BCUT2D eigenvalue weighted by atomic mass is 9.93. The molecule has 8 heterocycles. The summed E-state index contributed by atoms with van der Waals surface area (Å²) in [6.07, 6.45) is 3.05. The number of fused-ring (bicyclic) bond motifs is 10. The number of ketones is 2. The number of nitrogens with zero attached hydrogens (tertiary/aromatic N) is 9. The smallest absolute Gasteiger partial charge is 0.482 e. The van der Waals surface area contributed by atoms with Gasteiger partial charge in [-0.1, -0.05) is 0 Å². The quantitative estimate of drug-likeness (QED) is 0.0711. The first-order valence-electron chi connectivity index (χ1n) is 23.4. The molecule has 0 fully saturated rings. The second kappa shape index (κ2) is 17.1. The Hall–Kier alpha value is -8.74. The van der Waals surface area contributed by atoms with Gasteiger partial charge in [0, 0.05) is 58.5 Å². The van der Waals surface area contributed by atoms with Crippen molar-refractivity contribution in [3.05, 3.63) is 160 Å². The molecule has 378 valence electrons. The van der Waals surface area contributed by atoms with Gasteiger partial charge < -0.3 is 9.47 Å². The molecule has 0 radical (unpaired) electrons. The van der Waals surface area contributed by atoms with E-state index in [1.54, 1.807) is 29.1 Å². The third kappa shape index (κ3) is 7.01. The van der Waals surface area contributed by atoms with Gasteiger partial charge in [0.25, 0.3) is 0 Å². The lowest BCUT2D eigenvalue weighted by Gasteiger charge is -2.31. The molecule has 5 aliphatic rings. The van der Waals surface area contributed by atoms with Crippen molar-refractivity contribution in [1.82, 2.24) is 15.0 Å². The Kier molecular flexibility index (Phi) is 10.7. The van der Waals surface area contributed by atoms with Crippen LogP contribution in [0.15, 0.2) is 79.8 Å². The van der Waals surface area contributed by atoms with Gasteiger partial charge >= 0.3 is 5.82 Å². The third-order valence-corrected chi connectivity index (χ3v) is 19.2. The fourth-order valence-electron chi connectivity index (χ4n) is 10.4. The zero-order valence-electron chi connectivity index (χ0n) is 40.7. The normalized spacial score (nSPS) is 16.5. The van der Waals surface area contributed by atoms with Gasteiger partial charge in [-0.3, -0.25) is 9.59 Å². The molecule has 3 aliphatic heterocycles. The van der Waals surface area contributed by atoms with Crippen molar-refractivity contribution in [2.24, 2.45) is 8.73 Å². The van der Waals surface area contributed by atoms with Gasteiger partial charge in [-0.15, -0.1) is 45.3 Å². The van der Waals surface area contributed by atoms with Crippen molar-refractivity contribution < 1.29 is 36.6 Å². The summed E-state index contributed by atoms with van der Waals surface area (Å²) >= 11 is 6.68. The van der Waals surface area contributed by atoms with E-state index in [4.69, 9.17) is 41.5 Å². The summed E-state index contributed by atoms with van der Waals surface area (Å²) in [4.78, 5) is 41.9. The van der Waals surface area contributed by atoms with Crippen molar-refractivity contribution in [1.29, 1.82) is 10.5 Å². The van der Waals surface area contributed by atoms with Crippen LogP contribution in [-0.2, 0) is 29.1 Å². The number of carbonyl (C=O) groups is 2. The van der Waals surface area contributed by atoms with Gasteiger partial charge in [0.1, 0.15) is 76.0 Å². The van der Waals surface area contributed by atoms with Crippen LogP contribution in [0.4, 0.5) is 28.9 Å². The van der Waals surface area contributed by atoms with E-state index < -0.39 is 57.4 Å². The molecular weight excluding hydrogens is 1100 g/mol. The number of hydrogen-bond acceptors (Lipinski definition) is 14. The molecule has 0 unspecified atom stereocenters. The number of halogens is 4. The number of thiophene rings is 4. The molecule has 8 aromatic rings. The highest BCUT2D eigenvalue weighted by Crippen LogP contribution is 2.61.